The number of aliphatic hydroxyl groups is 1. The van der Waals surface area contributed by atoms with E-state index in [4.69, 9.17) is 0 Å². The first kappa shape index (κ1) is 27.5. The molecule has 1 N–H and O–H groups in total. The Hall–Kier alpha value is -3.51. The number of aliphatic hydroxyl groups excluding tert-OH is 1. The van der Waals surface area contributed by atoms with Crippen molar-refractivity contribution in [1.29, 1.82) is 0 Å². The smallest absolute Gasteiger partial charge is 0.388 e. The van der Waals surface area contributed by atoms with E-state index in [1.807, 2.05) is 0 Å². The molecule has 202 valence electrons. The molecular formula is C26H22F5NO5S. The lowest BCUT2D eigenvalue weighted by Gasteiger charge is -2.48. The van der Waals surface area contributed by atoms with E-state index in [9.17, 15) is 40.3 Å². The zero-order valence-corrected chi connectivity index (χ0v) is 20.4. The number of hydrogen-bond donors (Lipinski definition) is 1. The van der Waals surface area contributed by atoms with Crippen molar-refractivity contribution in [3.63, 3.8) is 0 Å². The summed E-state index contributed by atoms with van der Waals surface area (Å²) in [6, 6.07) is 14.8. The van der Waals surface area contributed by atoms with Gasteiger partial charge in [-0.15, -0.1) is 0 Å². The number of nitrogens with zero attached hydrogens (tertiary/aromatic N) is 1. The van der Waals surface area contributed by atoms with Crippen LogP contribution in [-0.4, -0.2) is 31.4 Å². The first-order chi connectivity index (χ1) is 17.9. The van der Waals surface area contributed by atoms with Crippen LogP contribution in [0.25, 0.3) is 0 Å². The lowest BCUT2D eigenvalue weighted by molar-refractivity contribution is -0.131. The number of alkyl halides is 3. The SMILES string of the molecule is O=C1[C@H](CC[C@H](O)c2ccc(F)cc2)[C@@H](c2ccc(OS(=O)(=O)C(F)(F)CF)cc2)N1c1ccc(F)cc1. The minimum Gasteiger partial charge on any atom is -0.388 e. The Labute approximate surface area is 215 Å². The summed E-state index contributed by atoms with van der Waals surface area (Å²) in [4.78, 5) is 14.5. The molecule has 0 unspecified atom stereocenters. The van der Waals surface area contributed by atoms with Gasteiger partial charge in [0.25, 0.3) is 0 Å². The lowest BCUT2D eigenvalue weighted by atomic mass is 9.78. The third-order valence-electron chi connectivity index (χ3n) is 6.27. The Bertz CT molecular complexity index is 1380. The summed E-state index contributed by atoms with van der Waals surface area (Å²) in [6.45, 7) is -2.45. The normalized spacial score (nSPS) is 18.7. The highest BCUT2D eigenvalue weighted by Crippen LogP contribution is 2.46. The molecule has 0 saturated carbocycles. The number of amides is 1. The number of rotatable bonds is 10. The van der Waals surface area contributed by atoms with E-state index in [0.717, 1.165) is 12.1 Å². The average Bonchev–Trinajstić information content (AvgIpc) is 2.89. The molecule has 1 aliphatic heterocycles. The largest absolute Gasteiger partial charge is 0.407 e. The molecule has 6 nitrogen and oxygen atoms in total. The van der Waals surface area contributed by atoms with E-state index >= 15 is 0 Å². The Morgan fingerprint density at radius 1 is 0.921 bits per heavy atom. The van der Waals surface area contributed by atoms with Crippen molar-refractivity contribution in [2.24, 2.45) is 5.92 Å². The van der Waals surface area contributed by atoms with Gasteiger partial charge >= 0.3 is 15.4 Å². The second-order valence-corrected chi connectivity index (χ2v) is 10.4. The van der Waals surface area contributed by atoms with Gasteiger partial charge in [0.05, 0.1) is 18.1 Å². The Morgan fingerprint density at radius 2 is 1.47 bits per heavy atom. The topological polar surface area (TPSA) is 83.9 Å². The van der Waals surface area contributed by atoms with Crippen molar-refractivity contribution in [2.45, 2.75) is 30.2 Å². The fraction of sp³-hybridized carbons (Fsp3) is 0.269. The number of carbonyl (C=O) groups is 1. The second-order valence-electron chi connectivity index (χ2n) is 8.76. The highest BCUT2D eigenvalue weighted by Gasteiger charge is 2.49. The molecule has 12 heteroatoms. The van der Waals surface area contributed by atoms with Crippen molar-refractivity contribution in [1.82, 2.24) is 0 Å². The van der Waals surface area contributed by atoms with Crippen LogP contribution in [0.5, 0.6) is 5.75 Å². The molecule has 3 aromatic rings. The van der Waals surface area contributed by atoms with E-state index < -0.39 is 57.5 Å². The molecule has 0 aromatic heterocycles. The fourth-order valence-electron chi connectivity index (χ4n) is 4.26. The quantitative estimate of drug-likeness (QED) is 0.204. The number of carbonyl (C=O) groups excluding carboxylic acids is 1. The third-order valence-corrected chi connectivity index (χ3v) is 7.53. The maximum atomic E-state index is 13.5. The first-order valence-electron chi connectivity index (χ1n) is 11.4. The van der Waals surface area contributed by atoms with Gasteiger partial charge in [0.1, 0.15) is 17.4 Å². The van der Waals surface area contributed by atoms with Gasteiger partial charge < -0.3 is 14.2 Å². The summed E-state index contributed by atoms with van der Waals surface area (Å²) < 4.78 is 93.4. The molecule has 3 atom stereocenters. The van der Waals surface area contributed by atoms with E-state index in [0.29, 0.717) is 16.8 Å². The summed E-state index contributed by atoms with van der Waals surface area (Å²) in [5.41, 5.74) is 1.34. The lowest BCUT2D eigenvalue weighted by Crippen LogP contribution is -2.55. The highest BCUT2D eigenvalue weighted by molar-refractivity contribution is 7.88. The predicted molar refractivity (Wildman–Crippen MR) is 128 cm³/mol. The molecule has 1 saturated heterocycles. The molecule has 1 heterocycles. The van der Waals surface area contributed by atoms with Crippen LogP contribution in [0.15, 0.2) is 72.8 Å². The minimum atomic E-state index is -5.57. The zero-order chi connectivity index (χ0) is 27.7. The molecule has 0 bridgehead atoms. The maximum Gasteiger partial charge on any atom is 0.407 e. The van der Waals surface area contributed by atoms with Gasteiger partial charge in [0.15, 0.2) is 6.67 Å². The van der Waals surface area contributed by atoms with Gasteiger partial charge in [-0.2, -0.15) is 17.2 Å². The van der Waals surface area contributed by atoms with Crippen LogP contribution in [0.4, 0.5) is 27.6 Å². The van der Waals surface area contributed by atoms with Gasteiger partial charge in [-0.25, -0.2) is 13.2 Å². The molecule has 3 aromatic carbocycles. The molecule has 1 amide bonds. The third kappa shape index (κ3) is 5.51. The van der Waals surface area contributed by atoms with E-state index in [1.54, 1.807) is 0 Å². The van der Waals surface area contributed by atoms with Crippen LogP contribution in [0, 0.1) is 17.6 Å². The van der Waals surface area contributed by atoms with E-state index in [2.05, 4.69) is 4.18 Å². The van der Waals surface area contributed by atoms with Crippen LogP contribution in [0.1, 0.15) is 36.1 Å². The van der Waals surface area contributed by atoms with Crippen molar-refractivity contribution in [3.05, 3.63) is 95.6 Å². The highest BCUT2D eigenvalue weighted by atomic mass is 32.2. The molecular weight excluding hydrogens is 533 g/mol. The summed E-state index contributed by atoms with van der Waals surface area (Å²) >= 11 is 0. The van der Waals surface area contributed by atoms with Gasteiger partial charge in [-0.05, 0) is 72.5 Å². The Kier molecular flexibility index (Phi) is 7.75. The standard InChI is InChI=1S/C26H22F5NO5S/c27-15-26(30,31)38(35,36)37-21-11-3-17(4-12-21)24-22(13-14-23(33)16-1-5-18(28)6-2-16)25(34)32(24)20-9-7-19(29)8-10-20/h1-12,22-24,33H,13-15H2/t22-,23+,24-/m1/s1. The average molecular weight is 556 g/mol. The first-order valence-corrected chi connectivity index (χ1v) is 12.8. The molecule has 4 rings (SSSR count). The van der Waals surface area contributed by atoms with Crippen molar-refractivity contribution >= 4 is 21.7 Å². The Balaban J connectivity index is 1.56. The molecule has 0 aliphatic carbocycles. The fourth-order valence-corrected chi connectivity index (χ4v) is 4.88. The van der Waals surface area contributed by atoms with E-state index in [1.165, 1.54) is 65.6 Å². The number of anilines is 1. The number of hydrogen-bond acceptors (Lipinski definition) is 5. The number of halogens is 5. The Morgan fingerprint density at radius 3 is 2.03 bits per heavy atom. The monoisotopic (exact) mass is 555 g/mol. The van der Waals surface area contributed by atoms with Crippen molar-refractivity contribution < 1.29 is 44.5 Å². The van der Waals surface area contributed by atoms with Crippen LogP contribution in [0.2, 0.25) is 0 Å². The molecule has 38 heavy (non-hydrogen) atoms. The molecule has 1 aliphatic rings. The van der Waals surface area contributed by atoms with Crippen LogP contribution in [-0.2, 0) is 14.9 Å². The minimum absolute atomic E-state index is 0.160. The van der Waals surface area contributed by atoms with Crippen LogP contribution >= 0.6 is 0 Å². The zero-order valence-electron chi connectivity index (χ0n) is 19.6. The molecule has 1 fully saturated rings. The summed E-state index contributed by atoms with van der Waals surface area (Å²) in [5, 5.41) is 5.80. The molecule has 0 spiro atoms. The van der Waals surface area contributed by atoms with E-state index in [-0.39, 0.29) is 18.7 Å². The van der Waals surface area contributed by atoms with Gasteiger partial charge in [0.2, 0.25) is 5.91 Å². The second kappa shape index (κ2) is 10.7. The van der Waals surface area contributed by atoms with Gasteiger partial charge in [0, 0.05) is 5.69 Å². The summed E-state index contributed by atoms with van der Waals surface area (Å²) in [7, 11) is -5.57. The molecule has 0 radical (unpaired) electrons. The summed E-state index contributed by atoms with van der Waals surface area (Å²) in [6.07, 6.45) is -0.593. The van der Waals surface area contributed by atoms with Crippen LogP contribution < -0.4 is 9.08 Å². The number of β-lactam (4-membered cyclic amide) rings is 1. The maximum absolute atomic E-state index is 13.5. The van der Waals surface area contributed by atoms with Gasteiger partial charge in [-0.1, -0.05) is 24.3 Å². The summed E-state index contributed by atoms with van der Waals surface area (Å²) in [5.74, 6) is -2.40. The van der Waals surface area contributed by atoms with Gasteiger partial charge in [-0.3, -0.25) is 4.79 Å². The number of benzene rings is 3. The predicted octanol–water partition coefficient (Wildman–Crippen LogP) is 5.45. The van der Waals surface area contributed by atoms with Crippen molar-refractivity contribution in [2.75, 3.05) is 11.6 Å². The van der Waals surface area contributed by atoms with Crippen LogP contribution in [0.3, 0.4) is 0 Å². The van der Waals surface area contributed by atoms with Crippen molar-refractivity contribution in [3.8, 4) is 5.75 Å².